The number of allylic oxidation sites excluding steroid dienone is 3. The van der Waals surface area contributed by atoms with Gasteiger partial charge < -0.3 is 0 Å². The van der Waals surface area contributed by atoms with Crippen LogP contribution in [0.3, 0.4) is 0 Å². The molecule has 33 heavy (non-hydrogen) atoms. The molecule has 0 unspecified atom stereocenters. The summed E-state index contributed by atoms with van der Waals surface area (Å²) < 4.78 is 2.89. The van der Waals surface area contributed by atoms with Gasteiger partial charge in [-0.3, -0.25) is 0 Å². The van der Waals surface area contributed by atoms with E-state index in [0.717, 1.165) is 12.8 Å². The Kier molecular flexibility index (Phi) is 9.41. The molecule has 0 saturated carbocycles. The molecule has 0 amide bonds. The van der Waals surface area contributed by atoms with Crippen molar-refractivity contribution >= 4 is 50.0 Å². The zero-order chi connectivity index (χ0) is 22.6. The minimum absolute atomic E-state index is 0.310. The van der Waals surface area contributed by atoms with E-state index in [2.05, 4.69) is 132 Å². The molecule has 0 radical (unpaired) electrons. The van der Waals surface area contributed by atoms with E-state index in [1.54, 1.807) is 0 Å². The molecule has 0 aliphatic carbocycles. The molecule has 2 heteroatoms. The predicted molar refractivity (Wildman–Crippen MR) is 147 cm³/mol. The SMILES string of the molecule is C(/[Se]c1ccccc1)=C(\C/C(=C\CC[Se]c1ccccc1)c1ccccc1)c1ccccc1. The summed E-state index contributed by atoms with van der Waals surface area (Å²) in [5.41, 5.74) is 5.51. The molecule has 0 N–H and O–H groups in total. The fourth-order valence-corrected chi connectivity index (χ4v) is 7.00. The Hall–Kier alpha value is -2.60. The van der Waals surface area contributed by atoms with Crippen molar-refractivity contribution in [2.24, 2.45) is 0 Å². The van der Waals surface area contributed by atoms with Gasteiger partial charge in [0.25, 0.3) is 0 Å². The quantitative estimate of drug-likeness (QED) is 0.157. The molecule has 4 aromatic carbocycles. The van der Waals surface area contributed by atoms with E-state index in [9.17, 15) is 0 Å². The van der Waals surface area contributed by atoms with Gasteiger partial charge in [0.15, 0.2) is 0 Å². The van der Waals surface area contributed by atoms with Crippen LogP contribution in [0.4, 0.5) is 0 Å². The summed E-state index contributed by atoms with van der Waals surface area (Å²) in [6.07, 6.45) is 4.55. The maximum atomic E-state index is 2.48. The summed E-state index contributed by atoms with van der Waals surface area (Å²) in [5, 5.41) is 1.23. The zero-order valence-corrected chi connectivity index (χ0v) is 22.1. The van der Waals surface area contributed by atoms with E-state index in [0.29, 0.717) is 29.9 Å². The molecule has 0 nitrogen and oxygen atoms in total. The second kappa shape index (κ2) is 13.2. The Balaban J connectivity index is 1.55. The van der Waals surface area contributed by atoms with Gasteiger partial charge in [-0.1, -0.05) is 0 Å². The van der Waals surface area contributed by atoms with Crippen LogP contribution >= 0.6 is 0 Å². The van der Waals surface area contributed by atoms with Crippen LogP contribution in [0.15, 0.2) is 132 Å². The second-order valence-corrected chi connectivity index (χ2v) is 12.1. The third kappa shape index (κ3) is 7.74. The molecule has 0 heterocycles. The van der Waals surface area contributed by atoms with Gasteiger partial charge in [-0.2, -0.15) is 0 Å². The predicted octanol–water partition coefficient (Wildman–Crippen LogP) is 6.37. The summed E-state index contributed by atoms with van der Waals surface area (Å²) in [6, 6.07) is 43.5. The van der Waals surface area contributed by atoms with Gasteiger partial charge in [-0.05, 0) is 0 Å². The Bertz CT molecular complexity index is 1150. The van der Waals surface area contributed by atoms with Crippen LogP contribution in [0.1, 0.15) is 24.0 Å². The fourth-order valence-electron chi connectivity index (χ4n) is 3.58. The van der Waals surface area contributed by atoms with Crippen molar-refractivity contribution in [1.29, 1.82) is 0 Å². The molecule has 4 rings (SSSR count). The van der Waals surface area contributed by atoms with E-state index >= 15 is 0 Å². The van der Waals surface area contributed by atoms with Crippen molar-refractivity contribution in [2.75, 3.05) is 0 Å². The van der Waals surface area contributed by atoms with Crippen LogP contribution in [-0.2, 0) is 0 Å². The standard InChI is InChI=1S/C31H28Se2/c1-5-14-26(15-6-1)28(18-13-23-32-30-19-9-3-10-20-30)24-29(27-16-7-2-8-17-27)25-33-31-21-11-4-12-22-31/h1-12,14-22,25H,13,23-24H2/b28-18+,29-25-. The average molecular weight is 558 g/mol. The van der Waals surface area contributed by atoms with E-state index in [1.165, 1.54) is 36.5 Å². The molecular formula is C31H28Se2. The first-order valence-corrected chi connectivity index (χ1v) is 15.2. The normalized spacial score (nSPS) is 12.0. The van der Waals surface area contributed by atoms with E-state index in [4.69, 9.17) is 0 Å². The first-order chi connectivity index (χ1) is 16.4. The van der Waals surface area contributed by atoms with Gasteiger partial charge >= 0.3 is 212 Å². The number of hydrogen-bond acceptors (Lipinski definition) is 0. The third-order valence-electron chi connectivity index (χ3n) is 5.27. The molecule has 0 spiro atoms. The molecule has 4 aromatic rings. The van der Waals surface area contributed by atoms with Gasteiger partial charge in [0.1, 0.15) is 0 Å². The van der Waals surface area contributed by atoms with Crippen LogP contribution in [-0.4, -0.2) is 29.9 Å². The summed E-state index contributed by atoms with van der Waals surface area (Å²) in [4.78, 5) is 2.47. The molecule has 164 valence electrons. The van der Waals surface area contributed by atoms with Crippen molar-refractivity contribution in [3.63, 3.8) is 0 Å². The van der Waals surface area contributed by atoms with Crippen LogP contribution in [0.2, 0.25) is 5.32 Å². The molecule has 0 bridgehead atoms. The minimum atomic E-state index is 0.310. The van der Waals surface area contributed by atoms with Crippen LogP contribution in [0.25, 0.3) is 11.1 Å². The van der Waals surface area contributed by atoms with Crippen molar-refractivity contribution in [3.05, 3.63) is 144 Å². The summed E-state index contributed by atoms with van der Waals surface area (Å²) in [6.45, 7) is 0. The number of hydrogen-bond donors (Lipinski definition) is 0. The summed E-state index contributed by atoms with van der Waals surface area (Å²) in [5.74, 6) is 0. The van der Waals surface area contributed by atoms with Crippen molar-refractivity contribution < 1.29 is 0 Å². The molecule has 0 fully saturated rings. The molecule has 0 aliphatic heterocycles. The van der Waals surface area contributed by atoms with Crippen molar-refractivity contribution in [3.8, 4) is 0 Å². The molecule has 0 aliphatic rings. The molecule has 0 saturated heterocycles. The molecule has 0 aromatic heterocycles. The topological polar surface area (TPSA) is 0 Å². The van der Waals surface area contributed by atoms with E-state index in [-0.39, 0.29) is 0 Å². The second-order valence-electron chi connectivity index (χ2n) is 7.66. The van der Waals surface area contributed by atoms with E-state index < -0.39 is 0 Å². The van der Waals surface area contributed by atoms with Crippen molar-refractivity contribution in [2.45, 2.75) is 18.2 Å². The van der Waals surface area contributed by atoms with Crippen LogP contribution < -0.4 is 8.92 Å². The molecule has 0 atom stereocenters. The number of benzene rings is 4. The summed E-state index contributed by atoms with van der Waals surface area (Å²) >= 11 is 0.832. The van der Waals surface area contributed by atoms with Gasteiger partial charge in [-0.25, -0.2) is 0 Å². The fraction of sp³-hybridized carbons (Fsp3) is 0.0968. The Labute approximate surface area is 210 Å². The Morgan fingerprint density at radius 1 is 0.545 bits per heavy atom. The molecular weight excluding hydrogens is 530 g/mol. The Morgan fingerprint density at radius 2 is 1.03 bits per heavy atom. The maximum absolute atomic E-state index is 2.48. The van der Waals surface area contributed by atoms with Crippen molar-refractivity contribution in [1.82, 2.24) is 0 Å². The zero-order valence-electron chi connectivity index (χ0n) is 18.6. The average Bonchev–Trinajstić information content (AvgIpc) is 2.90. The Morgan fingerprint density at radius 3 is 1.61 bits per heavy atom. The van der Waals surface area contributed by atoms with Crippen LogP contribution in [0, 0.1) is 0 Å². The summed E-state index contributed by atoms with van der Waals surface area (Å²) in [7, 11) is 0. The van der Waals surface area contributed by atoms with Gasteiger partial charge in [0.05, 0.1) is 0 Å². The first kappa shape index (κ1) is 23.6. The van der Waals surface area contributed by atoms with Gasteiger partial charge in [-0.15, -0.1) is 0 Å². The van der Waals surface area contributed by atoms with Crippen LogP contribution in [0.5, 0.6) is 0 Å². The third-order valence-corrected chi connectivity index (χ3v) is 9.45. The van der Waals surface area contributed by atoms with Gasteiger partial charge in [0.2, 0.25) is 0 Å². The number of rotatable bonds is 10. The monoisotopic (exact) mass is 560 g/mol. The van der Waals surface area contributed by atoms with Gasteiger partial charge in [0, 0.05) is 0 Å². The first-order valence-electron chi connectivity index (χ1n) is 11.3. The van der Waals surface area contributed by atoms with E-state index in [1.807, 2.05) is 0 Å².